The Bertz CT molecular complexity index is 243. The molecule has 0 aliphatic carbocycles. The topological polar surface area (TPSA) is 20.2 Å². The minimum atomic E-state index is 1.05. The van der Waals surface area contributed by atoms with E-state index < -0.39 is 0 Å². The summed E-state index contributed by atoms with van der Waals surface area (Å²) in [7, 11) is 0. The van der Waals surface area contributed by atoms with E-state index >= 15 is 0 Å². The van der Waals surface area contributed by atoms with Gasteiger partial charge in [0.25, 0.3) is 0 Å². The average molecular weight is 196 g/mol. The standard InChI is InChI=1S/C8H9AsO/c9-8-3-1-2-7(6-8)4-5-10/h1-6,10H,9H2. The fourth-order valence-corrected chi connectivity index (χ4v) is 1.39. The summed E-state index contributed by atoms with van der Waals surface area (Å²) in [4.78, 5) is 0. The van der Waals surface area contributed by atoms with E-state index in [0.717, 1.165) is 11.8 Å². The van der Waals surface area contributed by atoms with Gasteiger partial charge in [0.15, 0.2) is 0 Å². The number of benzene rings is 1. The van der Waals surface area contributed by atoms with Crippen molar-refractivity contribution >= 4 is 27.3 Å². The molecule has 1 rings (SSSR count). The second-order valence-corrected chi connectivity index (χ2v) is 3.38. The second-order valence-electron chi connectivity index (χ2n) is 1.99. The van der Waals surface area contributed by atoms with E-state index in [-0.39, 0.29) is 0 Å². The van der Waals surface area contributed by atoms with E-state index in [4.69, 9.17) is 5.11 Å². The normalized spacial score (nSPS) is 10.5. The molecule has 0 bridgehead atoms. The Morgan fingerprint density at radius 3 is 2.80 bits per heavy atom. The Morgan fingerprint density at radius 1 is 1.40 bits per heavy atom. The van der Waals surface area contributed by atoms with Crippen molar-refractivity contribution < 1.29 is 5.11 Å². The Hall–Kier alpha value is -0.682. The Labute approximate surface area is 68.9 Å². The summed E-state index contributed by atoms with van der Waals surface area (Å²) in [5, 5.41) is 8.44. The third-order valence-corrected chi connectivity index (χ3v) is 1.93. The van der Waals surface area contributed by atoms with Crippen molar-refractivity contribution in [2.45, 2.75) is 0 Å². The molecular weight excluding hydrogens is 187 g/mol. The van der Waals surface area contributed by atoms with Crippen LogP contribution in [-0.4, -0.2) is 22.0 Å². The number of aliphatic hydroxyl groups excluding tert-OH is 1. The molecule has 1 aromatic carbocycles. The molecule has 10 heavy (non-hydrogen) atoms. The predicted molar refractivity (Wildman–Crippen MR) is 46.3 cm³/mol. The summed E-state index contributed by atoms with van der Waals surface area (Å²) < 4.78 is 1.27. The van der Waals surface area contributed by atoms with Crippen LogP contribution in [0, 0.1) is 0 Å². The first-order valence-corrected chi connectivity index (χ1v) is 4.20. The van der Waals surface area contributed by atoms with Crippen molar-refractivity contribution in [3.8, 4) is 0 Å². The molecule has 1 unspecified atom stereocenters. The number of aliphatic hydroxyl groups is 1. The molecular formula is C8H9AsO. The fourth-order valence-electron chi connectivity index (χ4n) is 0.749. The molecule has 0 saturated heterocycles. The van der Waals surface area contributed by atoms with Crippen LogP contribution in [0.3, 0.4) is 0 Å². The number of rotatable bonds is 1. The van der Waals surface area contributed by atoms with Gasteiger partial charge in [-0.2, -0.15) is 0 Å². The van der Waals surface area contributed by atoms with Gasteiger partial charge in [-0.3, -0.25) is 0 Å². The molecule has 1 aromatic rings. The van der Waals surface area contributed by atoms with Crippen LogP contribution >= 0.6 is 0 Å². The van der Waals surface area contributed by atoms with Crippen molar-refractivity contribution in [2.75, 3.05) is 0 Å². The molecule has 2 heteroatoms. The maximum atomic E-state index is 8.44. The Morgan fingerprint density at radius 2 is 2.20 bits per heavy atom. The molecule has 0 aliphatic rings. The molecule has 0 spiro atoms. The molecule has 0 heterocycles. The summed E-state index contributed by atoms with van der Waals surface area (Å²) in [5.74, 6) is 0. The average Bonchev–Trinajstić information content (AvgIpc) is 1.88. The van der Waals surface area contributed by atoms with Gasteiger partial charge in [0.1, 0.15) is 0 Å². The molecule has 0 amide bonds. The maximum absolute atomic E-state index is 8.44. The number of hydrogen-bond acceptors (Lipinski definition) is 1. The van der Waals surface area contributed by atoms with Crippen LogP contribution in [0.4, 0.5) is 0 Å². The number of hydrogen-bond donors (Lipinski definition) is 1. The molecule has 0 radical (unpaired) electrons. The van der Waals surface area contributed by atoms with Gasteiger partial charge >= 0.3 is 68.5 Å². The molecule has 0 aromatic heterocycles. The van der Waals surface area contributed by atoms with Crippen LogP contribution in [0.1, 0.15) is 5.56 Å². The Balaban J connectivity index is 2.95. The monoisotopic (exact) mass is 196 g/mol. The predicted octanol–water partition coefficient (Wildman–Crippen LogP) is 0.474. The third kappa shape index (κ3) is 1.93. The molecule has 1 nitrogen and oxygen atoms in total. The molecule has 0 fully saturated rings. The van der Waals surface area contributed by atoms with Crippen LogP contribution in [0.25, 0.3) is 6.08 Å². The van der Waals surface area contributed by atoms with Gasteiger partial charge < -0.3 is 0 Å². The van der Waals surface area contributed by atoms with Crippen molar-refractivity contribution in [2.24, 2.45) is 0 Å². The summed E-state index contributed by atoms with van der Waals surface area (Å²) >= 11 is 1.59. The molecule has 1 N–H and O–H groups in total. The van der Waals surface area contributed by atoms with Gasteiger partial charge in [-0.1, -0.05) is 0 Å². The van der Waals surface area contributed by atoms with Crippen molar-refractivity contribution in [3.63, 3.8) is 0 Å². The summed E-state index contributed by atoms with van der Waals surface area (Å²) in [6.45, 7) is 0. The van der Waals surface area contributed by atoms with E-state index in [9.17, 15) is 0 Å². The van der Waals surface area contributed by atoms with Gasteiger partial charge in [-0.25, -0.2) is 0 Å². The zero-order valence-electron chi connectivity index (χ0n) is 5.49. The van der Waals surface area contributed by atoms with E-state index in [1.807, 2.05) is 18.2 Å². The van der Waals surface area contributed by atoms with E-state index in [2.05, 4.69) is 6.07 Å². The summed E-state index contributed by atoms with van der Waals surface area (Å²) in [6.07, 6.45) is 2.73. The molecule has 0 aliphatic heterocycles. The quantitative estimate of drug-likeness (QED) is 0.511. The first-order valence-electron chi connectivity index (χ1n) is 2.99. The van der Waals surface area contributed by atoms with Gasteiger partial charge in [0.2, 0.25) is 0 Å². The van der Waals surface area contributed by atoms with Crippen LogP contribution in [-0.2, 0) is 0 Å². The van der Waals surface area contributed by atoms with Crippen LogP contribution in [0.2, 0.25) is 0 Å². The molecule has 1 atom stereocenters. The van der Waals surface area contributed by atoms with Crippen LogP contribution < -0.4 is 4.35 Å². The van der Waals surface area contributed by atoms with Crippen molar-refractivity contribution in [1.29, 1.82) is 0 Å². The van der Waals surface area contributed by atoms with Crippen molar-refractivity contribution in [3.05, 3.63) is 36.1 Å². The summed E-state index contributed by atoms with van der Waals surface area (Å²) in [6, 6.07) is 8.02. The third-order valence-electron chi connectivity index (χ3n) is 1.18. The molecule has 52 valence electrons. The zero-order valence-corrected chi connectivity index (χ0v) is 7.91. The van der Waals surface area contributed by atoms with E-state index in [0.29, 0.717) is 0 Å². The van der Waals surface area contributed by atoms with E-state index in [1.165, 1.54) is 4.35 Å². The zero-order chi connectivity index (χ0) is 7.40. The first-order chi connectivity index (χ1) is 4.83. The second kappa shape index (κ2) is 3.48. The summed E-state index contributed by atoms with van der Waals surface area (Å²) in [5.41, 5.74) is 1.05. The van der Waals surface area contributed by atoms with E-state index in [1.54, 1.807) is 22.9 Å². The van der Waals surface area contributed by atoms with Gasteiger partial charge in [0.05, 0.1) is 0 Å². The van der Waals surface area contributed by atoms with Crippen LogP contribution in [0.15, 0.2) is 30.5 Å². The molecule has 0 saturated carbocycles. The van der Waals surface area contributed by atoms with Crippen LogP contribution in [0.5, 0.6) is 0 Å². The fraction of sp³-hybridized carbons (Fsp3) is 0. The van der Waals surface area contributed by atoms with Gasteiger partial charge in [-0.15, -0.1) is 0 Å². The van der Waals surface area contributed by atoms with Gasteiger partial charge in [-0.05, 0) is 0 Å². The van der Waals surface area contributed by atoms with Gasteiger partial charge in [0, 0.05) is 0 Å². The Kier molecular flexibility index (Phi) is 2.58. The first kappa shape index (κ1) is 7.43. The SMILES string of the molecule is OC=Cc1cccc([AsH2])c1. The van der Waals surface area contributed by atoms with Crippen molar-refractivity contribution in [1.82, 2.24) is 0 Å². The minimum absolute atomic E-state index is 1.05.